The van der Waals surface area contributed by atoms with Gasteiger partial charge in [-0.25, -0.2) is 0 Å². The monoisotopic (exact) mass is 215 g/mol. The van der Waals surface area contributed by atoms with Gasteiger partial charge in [0.2, 0.25) is 0 Å². The minimum Gasteiger partial charge on any atom is -0.390 e. The Morgan fingerprint density at radius 3 is 2.27 bits per heavy atom. The molecule has 0 heterocycles. The lowest BCUT2D eigenvalue weighted by atomic mass is 9.94. The molecular weight excluding hydrogens is 186 g/mol. The van der Waals surface area contributed by atoms with E-state index in [2.05, 4.69) is 19.2 Å². The molecule has 2 nitrogen and oxygen atoms in total. The molecule has 0 aromatic carbocycles. The summed E-state index contributed by atoms with van der Waals surface area (Å²) in [7, 11) is 0. The molecule has 0 radical (unpaired) electrons. The van der Waals surface area contributed by atoms with Gasteiger partial charge in [-0.05, 0) is 39.3 Å². The molecule has 1 unspecified atom stereocenters. The summed E-state index contributed by atoms with van der Waals surface area (Å²) in [6.45, 7) is 8.34. The molecule has 0 aliphatic rings. The van der Waals surface area contributed by atoms with Crippen molar-refractivity contribution in [1.82, 2.24) is 5.32 Å². The van der Waals surface area contributed by atoms with Crippen molar-refractivity contribution in [2.75, 3.05) is 13.1 Å². The predicted octanol–water partition coefficient (Wildman–Crippen LogP) is 3.10. The molecule has 0 aromatic heterocycles. The fraction of sp³-hybridized carbons (Fsp3) is 1.00. The maximum absolute atomic E-state index is 10.1. The van der Waals surface area contributed by atoms with Gasteiger partial charge in [-0.2, -0.15) is 0 Å². The molecule has 2 N–H and O–H groups in total. The van der Waals surface area contributed by atoms with Crippen molar-refractivity contribution in [3.8, 4) is 0 Å². The van der Waals surface area contributed by atoms with Gasteiger partial charge in [0.05, 0.1) is 5.60 Å². The van der Waals surface area contributed by atoms with Crippen molar-refractivity contribution < 1.29 is 5.11 Å². The van der Waals surface area contributed by atoms with Crippen molar-refractivity contribution in [3.05, 3.63) is 0 Å². The van der Waals surface area contributed by atoms with Crippen LogP contribution in [-0.4, -0.2) is 23.8 Å². The highest BCUT2D eigenvalue weighted by Crippen LogP contribution is 2.18. The summed E-state index contributed by atoms with van der Waals surface area (Å²) in [5, 5.41) is 13.4. The number of unbranched alkanes of at least 4 members (excludes halogenated alkanes) is 3. The lowest BCUT2D eigenvalue weighted by Gasteiger charge is -2.23. The minimum absolute atomic E-state index is 0.464. The largest absolute Gasteiger partial charge is 0.390 e. The van der Waals surface area contributed by atoms with E-state index in [4.69, 9.17) is 0 Å². The Bertz CT molecular complexity index is 120. The van der Waals surface area contributed by atoms with Crippen LogP contribution < -0.4 is 5.32 Å². The van der Waals surface area contributed by atoms with Crippen LogP contribution in [0, 0.1) is 0 Å². The molecule has 2 heteroatoms. The minimum atomic E-state index is -0.464. The Balaban J connectivity index is 3.40. The van der Waals surface area contributed by atoms with Crippen LogP contribution in [0.5, 0.6) is 0 Å². The van der Waals surface area contributed by atoms with Gasteiger partial charge >= 0.3 is 0 Å². The molecule has 0 amide bonds. The zero-order valence-electron chi connectivity index (χ0n) is 10.8. The first-order valence-corrected chi connectivity index (χ1v) is 6.55. The zero-order chi connectivity index (χ0) is 11.6. The van der Waals surface area contributed by atoms with Crippen molar-refractivity contribution in [2.45, 2.75) is 71.3 Å². The third-order valence-corrected chi connectivity index (χ3v) is 2.84. The second-order valence-electron chi connectivity index (χ2n) is 4.81. The summed E-state index contributed by atoms with van der Waals surface area (Å²) >= 11 is 0. The second kappa shape index (κ2) is 9.17. The number of aliphatic hydroxyl groups is 1. The lowest BCUT2D eigenvalue weighted by Crippen LogP contribution is -2.30. The molecule has 92 valence electrons. The highest BCUT2D eigenvalue weighted by Gasteiger charge is 2.18. The number of hydrogen-bond acceptors (Lipinski definition) is 2. The molecule has 0 aliphatic carbocycles. The van der Waals surface area contributed by atoms with E-state index in [1.54, 1.807) is 0 Å². The molecule has 0 rings (SSSR count). The van der Waals surface area contributed by atoms with Crippen LogP contribution in [0.1, 0.15) is 65.7 Å². The molecule has 0 fully saturated rings. The Hall–Kier alpha value is -0.0800. The Labute approximate surface area is 95.5 Å². The van der Waals surface area contributed by atoms with Crippen LogP contribution in [-0.2, 0) is 0 Å². The highest BCUT2D eigenvalue weighted by molar-refractivity contribution is 4.73. The van der Waals surface area contributed by atoms with Crippen molar-refractivity contribution in [3.63, 3.8) is 0 Å². The van der Waals surface area contributed by atoms with E-state index in [-0.39, 0.29) is 0 Å². The fourth-order valence-corrected chi connectivity index (χ4v) is 1.72. The summed E-state index contributed by atoms with van der Waals surface area (Å²) in [6.07, 6.45) is 7.96. The number of nitrogens with one attached hydrogen (secondary N) is 1. The van der Waals surface area contributed by atoms with Crippen molar-refractivity contribution in [1.29, 1.82) is 0 Å². The molecule has 0 aliphatic heterocycles. The first kappa shape index (κ1) is 14.9. The molecule has 1 atom stereocenters. The Kier molecular flexibility index (Phi) is 9.12. The zero-order valence-corrected chi connectivity index (χ0v) is 10.8. The van der Waals surface area contributed by atoms with E-state index >= 15 is 0 Å². The van der Waals surface area contributed by atoms with Crippen molar-refractivity contribution in [2.24, 2.45) is 0 Å². The molecule has 0 aromatic rings. The average molecular weight is 215 g/mol. The quantitative estimate of drug-likeness (QED) is 0.549. The molecule has 0 saturated carbocycles. The highest BCUT2D eigenvalue weighted by atomic mass is 16.3. The maximum atomic E-state index is 10.1. The van der Waals surface area contributed by atoms with Crippen LogP contribution in [0.3, 0.4) is 0 Å². The van der Waals surface area contributed by atoms with Gasteiger partial charge in [-0.15, -0.1) is 0 Å². The van der Waals surface area contributed by atoms with Gasteiger partial charge in [-0.1, -0.05) is 39.5 Å². The van der Waals surface area contributed by atoms with Gasteiger partial charge in [0.1, 0.15) is 0 Å². The van der Waals surface area contributed by atoms with E-state index in [9.17, 15) is 5.11 Å². The van der Waals surface area contributed by atoms with E-state index in [0.717, 1.165) is 32.4 Å². The molecule has 0 saturated heterocycles. The van der Waals surface area contributed by atoms with E-state index < -0.39 is 5.60 Å². The van der Waals surface area contributed by atoms with Gasteiger partial charge in [0.15, 0.2) is 0 Å². The summed E-state index contributed by atoms with van der Waals surface area (Å²) in [5.74, 6) is 0. The van der Waals surface area contributed by atoms with Gasteiger partial charge in [-0.3, -0.25) is 0 Å². The maximum Gasteiger partial charge on any atom is 0.0631 e. The first-order chi connectivity index (χ1) is 7.12. The van der Waals surface area contributed by atoms with E-state index in [1.165, 1.54) is 25.7 Å². The van der Waals surface area contributed by atoms with Crippen molar-refractivity contribution >= 4 is 0 Å². The van der Waals surface area contributed by atoms with Gasteiger partial charge in [0.25, 0.3) is 0 Å². The molecular formula is C13H29NO. The summed E-state index contributed by atoms with van der Waals surface area (Å²) in [6, 6.07) is 0. The Morgan fingerprint density at radius 2 is 1.67 bits per heavy atom. The smallest absolute Gasteiger partial charge is 0.0631 e. The molecule has 0 bridgehead atoms. The third-order valence-electron chi connectivity index (χ3n) is 2.84. The fourth-order valence-electron chi connectivity index (χ4n) is 1.72. The number of rotatable bonds is 10. The standard InChI is InChI=1S/C13H29NO/c1-4-6-7-8-9-13(3,15)10-12-14-11-5-2/h14-15H,4-12H2,1-3H3. The Morgan fingerprint density at radius 1 is 0.933 bits per heavy atom. The van der Waals surface area contributed by atoms with Crippen LogP contribution in [0.2, 0.25) is 0 Å². The number of hydrogen-bond donors (Lipinski definition) is 2. The normalized spacial score (nSPS) is 15.2. The summed E-state index contributed by atoms with van der Waals surface area (Å²) < 4.78 is 0. The summed E-state index contributed by atoms with van der Waals surface area (Å²) in [5.41, 5.74) is -0.464. The van der Waals surface area contributed by atoms with Crippen LogP contribution >= 0.6 is 0 Å². The third kappa shape index (κ3) is 10.2. The van der Waals surface area contributed by atoms with E-state index in [1.807, 2.05) is 6.92 Å². The molecule has 0 spiro atoms. The summed E-state index contributed by atoms with van der Waals surface area (Å²) in [4.78, 5) is 0. The average Bonchev–Trinajstić information content (AvgIpc) is 2.20. The van der Waals surface area contributed by atoms with E-state index in [0.29, 0.717) is 0 Å². The second-order valence-corrected chi connectivity index (χ2v) is 4.81. The van der Waals surface area contributed by atoms with Crippen LogP contribution in [0.4, 0.5) is 0 Å². The molecule has 15 heavy (non-hydrogen) atoms. The van der Waals surface area contributed by atoms with Gasteiger partial charge in [0, 0.05) is 0 Å². The van der Waals surface area contributed by atoms with Gasteiger partial charge < -0.3 is 10.4 Å². The van der Waals surface area contributed by atoms with Crippen LogP contribution in [0.15, 0.2) is 0 Å². The lowest BCUT2D eigenvalue weighted by molar-refractivity contribution is 0.0396. The topological polar surface area (TPSA) is 32.3 Å². The van der Waals surface area contributed by atoms with Crippen LogP contribution in [0.25, 0.3) is 0 Å². The SMILES string of the molecule is CCCCCCC(C)(O)CCNCCC. The predicted molar refractivity (Wildman–Crippen MR) is 67.2 cm³/mol. The first-order valence-electron chi connectivity index (χ1n) is 6.55.